The summed E-state index contributed by atoms with van der Waals surface area (Å²) in [4.78, 5) is 23.2. The van der Waals surface area contributed by atoms with Crippen LogP contribution in [0.5, 0.6) is 5.75 Å². The third kappa shape index (κ3) is 2.51. The van der Waals surface area contributed by atoms with Crippen molar-refractivity contribution in [3.8, 4) is 17.0 Å². The number of aromatic amines is 1. The van der Waals surface area contributed by atoms with Gasteiger partial charge in [-0.25, -0.2) is 9.38 Å². The van der Waals surface area contributed by atoms with E-state index in [1.165, 1.54) is 24.1 Å². The molecule has 28 heavy (non-hydrogen) atoms. The van der Waals surface area contributed by atoms with Gasteiger partial charge in [-0.1, -0.05) is 12.1 Å². The quantitative estimate of drug-likeness (QED) is 0.636. The molecule has 1 unspecified atom stereocenters. The Balaban J connectivity index is 1.98. The Morgan fingerprint density at radius 3 is 2.75 bits per heavy atom. The summed E-state index contributed by atoms with van der Waals surface area (Å²) in [6, 6.07) is 11.1. The van der Waals surface area contributed by atoms with Crippen LogP contribution < -0.4 is 5.73 Å². The summed E-state index contributed by atoms with van der Waals surface area (Å²) in [5, 5.41) is 17.0. The largest absolute Gasteiger partial charge is 0.507 e. The van der Waals surface area contributed by atoms with Crippen LogP contribution >= 0.6 is 0 Å². The van der Waals surface area contributed by atoms with E-state index in [2.05, 4.69) is 20.2 Å². The number of hydrogen-bond donors (Lipinski definition) is 3. The normalized spacial score (nSPS) is 19.1. The van der Waals surface area contributed by atoms with Crippen LogP contribution in [0.2, 0.25) is 0 Å². The molecule has 1 aliphatic rings. The van der Waals surface area contributed by atoms with E-state index in [1.54, 1.807) is 36.5 Å². The number of nitrogens with one attached hydrogen (secondary N) is 1. The number of benzene rings is 1. The standard InChI is InChI=1S/C19H17FN6O2/c1-26-17(28)19(24-18(26)21,16-4-2-3-12(10-20)23-16)11-5-6-15(27)13(9-11)14-7-8-22-25-14/h2-9,27H,10H2,1H3,(H2,21,24)(H,22,25). The zero-order valence-corrected chi connectivity index (χ0v) is 14.9. The van der Waals surface area contributed by atoms with Crippen LogP contribution in [0.4, 0.5) is 4.39 Å². The molecule has 0 aliphatic carbocycles. The molecule has 3 heterocycles. The first-order chi connectivity index (χ1) is 13.5. The van der Waals surface area contributed by atoms with Crippen molar-refractivity contribution in [2.45, 2.75) is 12.2 Å². The van der Waals surface area contributed by atoms with Crippen LogP contribution in [0.1, 0.15) is 17.0 Å². The number of pyridine rings is 1. The van der Waals surface area contributed by atoms with Gasteiger partial charge in [0.25, 0.3) is 5.91 Å². The van der Waals surface area contributed by atoms with Crippen LogP contribution in [0, 0.1) is 0 Å². The first kappa shape index (κ1) is 17.7. The molecule has 2 aromatic heterocycles. The Hall–Kier alpha value is -3.75. The number of nitrogens with zero attached hydrogens (tertiary/aromatic N) is 4. The van der Waals surface area contributed by atoms with E-state index in [1.807, 2.05) is 0 Å². The predicted octanol–water partition coefficient (Wildman–Crippen LogP) is 1.68. The molecule has 0 saturated heterocycles. The first-order valence-corrected chi connectivity index (χ1v) is 8.47. The van der Waals surface area contributed by atoms with Gasteiger partial charge in [-0.2, -0.15) is 5.10 Å². The second-order valence-electron chi connectivity index (χ2n) is 6.38. The third-order valence-electron chi connectivity index (χ3n) is 4.75. The molecule has 0 spiro atoms. The molecular formula is C19H17FN6O2. The number of alkyl halides is 1. The zero-order chi connectivity index (χ0) is 19.9. The van der Waals surface area contributed by atoms with Gasteiger partial charge in [0, 0.05) is 18.8 Å². The number of nitrogens with two attached hydrogens (primary N) is 1. The summed E-state index contributed by atoms with van der Waals surface area (Å²) in [5.74, 6) is -0.411. The molecule has 1 amide bonds. The number of carbonyl (C=O) groups is 1. The summed E-state index contributed by atoms with van der Waals surface area (Å²) in [6.45, 7) is -0.777. The number of amides is 1. The molecule has 0 saturated carbocycles. The molecule has 9 heteroatoms. The summed E-state index contributed by atoms with van der Waals surface area (Å²) in [6.07, 6.45) is 1.62. The van der Waals surface area contributed by atoms with Crippen LogP contribution in [0.25, 0.3) is 11.3 Å². The molecule has 142 valence electrons. The molecule has 0 fully saturated rings. The van der Waals surface area contributed by atoms with Crippen molar-refractivity contribution in [2.75, 3.05) is 7.05 Å². The lowest BCUT2D eigenvalue weighted by Gasteiger charge is -2.26. The lowest BCUT2D eigenvalue weighted by atomic mass is 9.84. The van der Waals surface area contributed by atoms with Gasteiger partial charge in [0.2, 0.25) is 5.54 Å². The van der Waals surface area contributed by atoms with Crippen molar-refractivity contribution in [2.24, 2.45) is 10.7 Å². The topological polar surface area (TPSA) is 120 Å². The second-order valence-corrected chi connectivity index (χ2v) is 6.38. The average molecular weight is 380 g/mol. The van der Waals surface area contributed by atoms with Gasteiger partial charge >= 0.3 is 0 Å². The molecular weight excluding hydrogens is 363 g/mol. The highest BCUT2D eigenvalue weighted by Crippen LogP contribution is 2.41. The summed E-state index contributed by atoms with van der Waals surface area (Å²) < 4.78 is 13.2. The molecule has 1 aromatic carbocycles. The van der Waals surface area contributed by atoms with Crippen molar-refractivity contribution in [3.63, 3.8) is 0 Å². The van der Waals surface area contributed by atoms with E-state index < -0.39 is 18.1 Å². The number of carbonyl (C=O) groups excluding carboxylic acids is 1. The molecule has 1 atom stereocenters. The minimum absolute atomic E-state index is 0.00720. The van der Waals surface area contributed by atoms with Crippen molar-refractivity contribution in [1.82, 2.24) is 20.1 Å². The number of phenols is 1. The van der Waals surface area contributed by atoms with Crippen LogP contribution in [-0.2, 0) is 17.0 Å². The molecule has 1 aliphatic heterocycles. The third-order valence-corrected chi connectivity index (χ3v) is 4.75. The number of likely N-dealkylation sites (N-methyl/N-ethyl adjacent to an activating group) is 1. The number of H-pyrrole nitrogens is 1. The number of aromatic nitrogens is 3. The monoisotopic (exact) mass is 380 g/mol. The number of hydrogen-bond acceptors (Lipinski definition) is 6. The summed E-state index contributed by atoms with van der Waals surface area (Å²) >= 11 is 0. The minimum atomic E-state index is -1.58. The molecule has 0 bridgehead atoms. The lowest BCUT2D eigenvalue weighted by Crippen LogP contribution is -2.41. The number of phenolic OH excluding ortho intramolecular Hbond substituents is 1. The number of guanidine groups is 1. The Morgan fingerprint density at radius 2 is 2.11 bits per heavy atom. The Bertz CT molecular complexity index is 1080. The highest BCUT2D eigenvalue weighted by Gasteiger charge is 2.51. The van der Waals surface area contributed by atoms with Crippen molar-refractivity contribution in [1.29, 1.82) is 0 Å². The van der Waals surface area contributed by atoms with Gasteiger partial charge < -0.3 is 10.8 Å². The predicted molar refractivity (Wildman–Crippen MR) is 99.9 cm³/mol. The van der Waals surface area contributed by atoms with Gasteiger partial charge in [-0.3, -0.25) is 19.8 Å². The van der Waals surface area contributed by atoms with Crippen molar-refractivity contribution in [3.05, 3.63) is 65.6 Å². The zero-order valence-electron chi connectivity index (χ0n) is 14.9. The van der Waals surface area contributed by atoms with Gasteiger partial charge in [0.05, 0.1) is 17.1 Å². The van der Waals surface area contributed by atoms with E-state index in [0.717, 1.165) is 0 Å². The van der Waals surface area contributed by atoms with Gasteiger partial charge in [-0.05, 0) is 35.9 Å². The van der Waals surface area contributed by atoms with Gasteiger partial charge in [0.15, 0.2) is 5.96 Å². The average Bonchev–Trinajstić information content (AvgIpc) is 3.32. The number of aromatic hydroxyl groups is 1. The maximum Gasteiger partial charge on any atom is 0.267 e. The number of aliphatic imine (C=N–C) groups is 1. The Morgan fingerprint density at radius 1 is 1.29 bits per heavy atom. The Kier molecular flexibility index (Phi) is 4.07. The van der Waals surface area contributed by atoms with Crippen LogP contribution in [0.15, 0.2) is 53.7 Å². The first-order valence-electron chi connectivity index (χ1n) is 8.47. The maximum absolute atomic E-state index is 13.2. The van der Waals surface area contributed by atoms with E-state index in [0.29, 0.717) is 16.8 Å². The summed E-state index contributed by atoms with van der Waals surface area (Å²) in [5.41, 5.74) is 6.13. The van der Waals surface area contributed by atoms with Gasteiger partial charge in [0.1, 0.15) is 12.4 Å². The second kappa shape index (κ2) is 6.45. The molecule has 0 radical (unpaired) electrons. The van der Waals surface area contributed by atoms with E-state index >= 15 is 0 Å². The fraction of sp³-hybridized carbons (Fsp3) is 0.158. The molecule has 3 aromatic rings. The summed E-state index contributed by atoms with van der Waals surface area (Å²) in [7, 11) is 1.51. The van der Waals surface area contributed by atoms with E-state index in [9.17, 15) is 14.3 Å². The smallest absolute Gasteiger partial charge is 0.267 e. The number of halogens is 1. The van der Waals surface area contributed by atoms with Gasteiger partial charge in [-0.15, -0.1) is 0 Å². The van der Waals surface area contributed by atoms with Crippen molar-refractivity contribution >= 4 is 11.9 Å². The highest BCUT2D eigenvalue weighted by molar-refractivity contribution is 6.08. The molecule has 8 nitrogen and oxygen atoms in total. The van der Waals surface area contributed by atoms with Crippen molar-refractivity contribution < 1.29 is 14.3 Å². The maximum atomic E-state index is 13.2. The van der Waals surface area contributed by atoms with E-state index in [-0.39, 0.29) is 23.1 Å². The van der Waals surface area contributed by atoms with Crippen LogP contribution in [-0.4, -0.2) is 44.1 Å². The fourth-order valence-corrected chi connectivity index (χ4v) is 3.28. The number of rotatable bonds is 4. The molecule has 4 N–H and O–H groups in total. The minimum Gasteiger partial charge on any atom is -0.507 e. The SMILES string of the molecule is CN1C(=O)C(c2ccc(O)c(-c3cc[nH]n3)c2)(c2cccc(CF)n2)N=C1N. The fourth-order valence-electron chi connectivity index (χ4n) is 3.28. The van der Waals surface area contributed by atoms with E-state index in [4.69, 9.17) is 5.73 Å². The highest BCUT2D eigenvalue weighted by atomic mass is 19.1. The van der Waals surface area contributed by atoms with Crippen LogP contribution in [0.3, 0.4) is 0 Å². The Labute approximate surface area is 159 Å². The lowest BCUT2D eigenvalue weighted by molar-refractivity contribution is -0.129. The molecule has 4 rings (SSSR count).